The van der Waals surface area contributed by atoms with Crippen LogP contribution in [0, 0.1) is 17.8 Å². The second-order valence-electron chi connectivity index (χ2n) is 6.59. The molecule has 0 unspecified atom stereocenters. The van der Waals surface area contributed by atoms with Gasteiger partial charge in [0.2, 0.25) is 0 Å². The Balaban J connectivity index is 1.61. The van der Waals surface area contributed by atoms with E-state index in [-0.39, 0.29) is 5.92 Å². The summed E-state index contributed by atoms with van der Waals surface area (Å²) in [6, 6.07) is 0.722. The minimum absolute atomic E-state index is 0.0729. The molecule has 2 N–H and O–H groups in total. The zero-order chi connectivity index (χ0) is 13.7. The first-order chi connectivity index (χ1) is 9.19. The van der Waals surface area contributed by atoms with E-state index in [2.05, 4.69) is 12.2 Å². The van der Waals surface area contributed by atoms with Gasteiger partial charge in [0.25, 0.3) is 0 Å². The number of rotatable bonds is 5. The highest BCUT2D eigenvalue weighted by molar-refractivity contribution is 5.69. The van der Waals surface area contributed by atoms with Crippen LogP contribution in [0.15, 0.2) is 0 Å². The predicted molar refractivity (Wildman–Crippen MR) is 77.1 cm³/mol. The normalized spacial score (nSPS) is 36.1. The van der Waals surface area contributed by atoms with Gasteiger partial charge in [0.15, 0.2) is 0 Å². The largest absolute Gasteiger partial charge is 0.481 e. The molecule has 2 rings (SSSR count). The molecule has 110 valence electrons. The van der Waals surface area contributed by atoms with E-state index in [0.717, 1.165) is 44.2 Å². The second-order valence-corrected chi connectivity index (χ2v) is 6.59. The fraction of sp³-hybridized carbons (Fsp3) is 0.938. The Bertz CT molecular complexity index is 276. The highest BCUT2D eigenvalue weighted by atomic mass is 16.4. The van der Waals surface area contributed by atoms with E-state index in [0.29, 0.717) is 5.92 Å². The highest BCUT2D eigenvalue weighted by Gasteiger charge is 2.26. The molecule has 0 radical (unpaired) electrons. The molecular formula is C16H29NO2. The molecule has 0 saturated heterocycles. The molecule has 2 saturated carbocycles. The van der Waals surface area contributed by atoms with Crippen molar-refractivity contribution in [1.29, 1.82) is 0 Å². The third-order valence-corrected chi connectivity index (χ3v) is 5.32. The van der Waals surface area contributed by atoms with E-state index >= 15 is 0 Å². The van der Waals surface area contributed by atoms with Crippen LogP contribution in [0.4, 0.5) is 0 Å². The van der Waals surface area contributed by atoms with Gasteiger partial charge in [-0.2, -0.15) is 0 Å². The van der Waals surface area contributed by atoms with Crippen molar-refractivity contribution in [2.75, 3.05) is 6.54 Å². The van der Waals surface area contributed by atoms with Gasteiger partial charge in [-0.15, -0.1) is 0 Å². The van der Waals surface area contributed by atoms with E-state index in [1.807, 2.05) is 0 Å². The average molecular weight is 267 g/mol. The number of carbonyl (C=O) groups is 1. The monoisotopic (exact) mass is 267 g/mol. The molecule has 2 fully saturated rings. The van der Waals surface area contributed by atoms with Crippen molar-refractivity contribution < 1.29 is 9.90 Å². The van der Waals surface area contributed by atoms with Gasteiger partial charge in [0.05, 0.1) is 5.92 Å². The first kappa shape index (κ1) is 14.8. The van der Waals surface area contributed by atoms with Crippen molar-refractivity contribution in [3.63, 3.8) is 0 Å². The number of nitrogens with one attached hydrogen (secondary N) is 1. The summed E-state index contributed by atoms with van der Waals surface area (Å²) >= 11 is 0. The lowest BCUT2D eigenvalue weighted by atomic mass is 9.81. The maximum atomic E-state index is 10.9. The molecule has 3 nitrogen and oxygen atoms in total. The fourth-order valence-corrected chi connectivity index (χ4v) is 3.72. The Morgan fingerprint density at radius 1 is 1.00 bits per heavy atom. The van der Waals surface area contributed by atoms with Crippen LogP contribution in [0.5, 0.6) is 0 Å². The second kappa shape index (κ2) is 7.28. The summed E-state index contributed by atoms with van der Waals surface area (Å²) < 4.78 is 0. The van der Waals surface area contributed by atoms with Crippen LogP contribution in [0.3, 0.4) is 0 Å². The minimum Gasteiger partial charge on any atom is -0.481 e. The topological polar surface area (TPSA) is 49.3 Å². The molecule has 3 heteroatoms. The summed E-state index contributed by atoms with van der Waals surface area (Å²) in [5.41, 5.74) is 0. The Morgan fingerprint density at radius 3 is 2.11 bits per heavy atom. The Kier molecular flexibility index (Phi) is 5.68. The van der Waals surface area contributed by atoms with Gasteiger partial charge in [0.1, 0.15) is 0 Å². The quantitative estimate of drug-likeness (QED) is 0.802. The molecule has 0 spiro atoms. The van der Waals surface area contributed by atoms with Crippen molar-refractivity contribution in [3.8, 4) is 0 Å². The van der Waals surface area contributed by atoms with Gasteiger partial charge in [-0.3, -0.25) is 4.79 Å². The van der Waals surface area contributed by atoms with Crippen LogP contribution in [-0.2, 0) is 4.79 Å². The summed E-state index contributed by atoms with van der Waals surface area (Å²) in [4.78, 5) is 10.9. The summed E-state index contributed by atoms with van der Waals surface area (Å²) in [5.74, 6) is 1.00. The highest BCUT2D eigenvalue weighted by Crippen LogP contribution is 2.30. The summed E-state index contributed by atoms with van der Waals surface area (Å²) in [5, 5.41) is 12.7. The third-order valence-electron chi connectivity index (χ3n) is 5.32. The lowest BCUT2D eigenvalue weighted by Gasteiger charge is -2.31. The first-order valence-electron chi connectivity index (χ1n) is 8.15. The minimum atomic E-state index is -0.593. The van der Waals surface area contributed by atoms with Crippen molar-refractivity contribution in [3.05, 3.63) is 0 Å². The van der Waals surface area contributed by atoms with Crippen LogP contribution >= 0.6 is 0 Å². The Labute approximate surface area is 117 Å². The van der Waals surface area contributed by atoms with Crippen LogP contribution in [0.25, 0.3) is 0 Å². The van der Waals surface area contributed by atoms with Crippen LogP contribution in [-0.4, -0.2) is 23.7 Å². The molecule has 0 aromatic heterocycles. The van der Waals surface area contributed by atoms with Crippen LogP contribution in [0.2, 0.25) is 0 Å². The lowest BCUT2D eigenvalue weighted by molar-refractivity contribution is -0.143. The first-order valence-corrected chi connectivity index (χ1v) is 8.15. The van der Waals surface area contributed by atoms with Crippen molar-refractivity contribution in [2.45, 2.75) is 70.8 Å². The van der Waals surface area contributed by atoms with E-state index < -0.39 is 5.97 Å². The van der Waals surface area contributed by atoms with Gasteiger partial charge in [-0.25, -0.2) is 0 Å². The smallest absolute Gasteiger partial charge is 0.306 e. The maximum absolute atomic E-state index is 10.9. The fourth-order valence-electron chi connectivity index (χ4n) is 3.72. The Morgan fingerprint density at radius 2 is 1.58 bits per heavy atom. The standard InChI is InChI=1S/C16H29NO2/c1-2-12-5-9-15(10-6-12)17-11-13-3-7-14(8-4-13)16(18)19/h12-15,17H,2-11H2,1H3,(H,18,19). The molecule has 2 aliphatic rings. The van der Waals surface area contributed by atoms with Crippen molar-refractivity contribution >= 4 is 5.97 Å². The molecule has 0 aromatic rings. The number of carboxylic acids is 1. The number of aliphatic carboxylic acids is 1. The molecule has 2 aliphatic carbocycles. The van der Waals surface area contributed by atoms with E-state index in [4.69, 9.17) is 5.11 Å². The number of hydrogen-bond acceptors (Lipinski definition) is 2. The SMILES string of the molecule is CCC1CCC(NCC2CCC(C(=O)O)CC2)CC1. The molecule has 19 heavy (non-hydrogen) atoms. The molecule has 0 aromatic carbocycles. The van der Waals surface area contributed by atoms with Gasteiger partial charge < -0.3 is 10.4 Å². The zero-order valence-corrected chi connectivity index (χ0v) is 12.2. The van der Waals surface area contributed by atoms with E-state index in [1.165, 1.54) is 32.1 Å². The molecule has 0 atom stereocenters. The third kappa shape index (κ3) is 4.48. The summed E-state index contributed by atoms with van der Waals surface area (Å²) in [6.07, 6.45) is 10.7. The van der Waals surface area contributed by atoms with E-state index in [1.54, 1.807) is 0 Å². The van der Waals surface area contributed by atoms with Gasteiger partial charge in [-0.1, -0.05) is 13.3 Å². The Hall–Kier alpha value is -0.570. The van der Waals surface area contributed by atoms with Gasteiger partial charge in [-0.05, 0) is 69.7 Å². The number of hydrogen-bond donors (Lipinski definition) is 2. The summed E-state index contributed by atoms with van der Waals surface area (Å²) in [6.45, 7) is 3.41. The molecular weight excluding hydrogens is 238 g/mol. The van der Waals surface area contributed by atoms with Gasteiger partial charge in [0, 0.05) is 6.04 Å². The lowest BCUT2D eigenvalue weighted by Crippen LogP contribution is -2.37. The molecule has 0 heterocycles. The van der Waals surface area contributed by atoms with Crippen LogP contribution in [0.1, 0.15) is 64.7 Å². The van der Waals surface area contributed by atoms with E-state index in [9.17, 15) is 4.79 Å². The molecule has 0 bridgehead atoms. The summed E-state index contributed by atoms with van der Waals surface area (Å²) in [7, 11) is 0. The maximum Gasteiger partial charge on any atom is 0.306 e. The number of carboxylic acid groups (broad SMARTS) is 1. The average Bonchev–Trinajstić information content (AvgIpc) is 2.46. The molecule has 0 aliphatic heterocycles. The molecule has 0 amide bonds. The van der Waals surface area contributed by atoms with Crippen LogP contribution < -0.4 is 5.32 Å². The predicted octanol–water partition coefficient (Wildman–Crippen LogP) is 3.44. The van der Waals surface area contributed by atoms with Crippen molar-refractivity contribution in [1.82, 2.24) is 5.32 Å². The zero-order valence-electron chi connectivity index (χ0n) is 12.2. The van der Waals surface area contributed by atoms with Crippen molar-refractivity contribution in [2.24, 2.45) is 17.8 Å². The van der Waals surface area contributed by atoms with Gasteiger partial charge >= 0.3 is 5.97 Å².